The van der Waals surface area contributed by atoms with Crippen molar-refractivity contribution in [2.75, 3.05) is 7.11 Å². The molecule has 1 aliphatic carbocycles. The van der Waals surface area contributed by atoms with Crippen LogP contribution in [0.2, 0.25) is 0 Å². The normalized spacial score (nSPS) is 12.6. The van der Waals surface area contributed by atoms with E-state index in [1.54, 1.807) is 213 Å². The lowest BCUT2D eigenvalue weighted by molar-refractivity contribution is 0.414. The molecule has 0 bridgehead atoms. The topological polar surface area (TPSA) is 214 Å². The number of hydrogen-bond acceptors (Lipinski definition) is 13. The summed E-state index contributed by atoms with van der Waals surface area (Å²) >= 11 is 0. The van der Waals surface area contributed by atoms with Crippen LogP contribution in [0.3, 0.4) is 0 Å². The molecule has 0 amide bonds. The van der Waals surface area contributed by atoms with E-state index in [0.717, 1.165) is 77.0 Å². The molecule has 17 aromatic carbocycles. The Bertz CT molecular complexity index is 7070. The van der Waals surface area contributed by atoms with E-state index < -0.39 is 80.8 Å². The van der Waals surface area contributed by atoms with Crippen molar-refractivity contribution < 1.29 is 55.2 Å². The molecular formula is C109H92O13S10+4. The second kappa shape index (κ2) is 43.3. The van der Waals surface area contributed by atoms with Crippen LogP contribution in [0.15, 0.2) is 586 Å². The lowest BCUT2D eigenvalue weighted by Crippen LogP contribution is -2.24. The first kappa shape index (κ1) is 94.3. The molecule has 0 N–H and O–H groups in total. The highest BCUT2D eigenvalue weighted by molar-refractivity contribution is 7.98. The number of methoxy groups -OCH3 is 1. The first-order valence-electron chi connectivity index (χ1n) is 42.2. The molecule has 0 aliphatic heterocycles. The summed E-state index contributed by atoms with van der Waals surface area (Å²) < 4.78 is 162. The lowest BCUT2D eigenvalue weighted by atomic mass is 10.0. The standard InChI is InChI=1S/C31H25O5S3.C30H23O4S3.C24H25O2S2.C24H19O2S2/c1-36-24-12-14-25(15-13-24)37(26-16-20-30(21-17-26)38(32,33)28-8-4-2-5-9-28)27-18-22-31(23-19-27)39(34,35)29-10-6-3-7-11-29;31-36(32,27-12-6-2-7-13-27)29-20-16-25(17-21-29)35(24-10-4-1-5-11-24)26-18-22-30(23-19-26)37(33,34)28-14-8-3-9-15-28;2*25-28(26,23-14-8-3-9-15-23)24-18-16-22(17-19-24)27(20-10-4-1-5-11-20)21-12-6-2-7-13-21/h2-23H,1H3;1-23H;1-2,4-7,10-13,16-19,23H,3,8-9,14-15H2;1-19H/q4*+1. The fourth-order valence-corrected chi connectivity index (χ4v) is 31.4. The molecule has 132 heavy (non-hydrogen) atoms. The van der Waals surface area contributed by atoms with Crippen molar-refractivity contribution in [3.8, 4) is 5.75 Å². The predicted molar refractivity (Wildman–Crippen MR) is 526 cm³/mol. The van der Waals surface area contributed by atoms with Crippen molar-refractivity contribution in [1.29, 1.82) is 0 Å². The first-order valence-corrected chi connectivity index (χ1v) is 56.1. The van der Waals surface area contributed by atoms with E-state index in [2.05, 4.69) is 72.8 Å². The van der Waals surface area contributed by atoms with E-state index in [1.165, 1.54) is 19.6 Å². The van der Waals surface area contributed by atoms with Crippen molar-refractivity contribution >= 4 is 103 Å². The smallest absolute Gasteiger partial charge is 0.206 e. The average molecular weight is 1930 g/mol. The van der Waals surface area contributed by atoms with Crippen LogP contribution in [-0.2, 0) is 103 Å². The van der Waals surface area contributed by atoms with Crippen LogP contribution in [0, 0.1) is 0 Å². The van der Waals surface area contributed by atoms with Gasteiger partial charge in [0.15, 0.2) is 68.6 Å². The maximum atomic E-state index is 13.1. The Balaban J connectivity index is 0.000000136. The van der Waals surface area contributed by atoms with Gasteiger partial charge < -0.3 is 4.74 Å². The van der Waals surface area contributed by atoms with Crippen molar-refractivity contribution in [3.63, 3.8) is 0 Å². The van der Waals surface area contributed by atoms with Crippen molar-refractivity contribution in [3.05, 3.63) is 473 Å². The molecule has 0 unspecified atom stereocenters. The van der Waals surface area contributed by atoms with Gasteiger partial charge in [-0.3, -0.25) is 0 Å². The third-order valence-corrected chi connectivity index (χ3v) is 41.8. The fraction of sp³-hybridized carbons (Fsp3) is 0.0642. The summed E-state index contributed by atoms with van der Waals surface area (Å²) in [5, 5.41) is -0.214. The fourth-order valence-electron chi connectivity index (χ4n) is 14.9. The largest absolute Gasteiger partial charge is 0.497 e. The zero-order chi connectivity index (χ0) is 92.1. The second-order valence-corrected chi connectivity index (χ2v) is 50.3. The molecule has 1 fully saturated rings. The number of ether oxygens (including phenoxy) is 1. The highest BCUT2D eigenvalue weighted by Crippen LogP contribution is 2.40. The Morgan fingerprint density at radius 3 is 0.492 bits per heavy atom. The minimum Gasteiger partial charge on any atom is -0.497 e. The van der Waals surface area contributed by atoms with Gasteiger partial charge >= 0.3 is 0 Å². The molecule has 1 aliphatic rings. The summed E-state index contributed by atoms with van der Waals surface area (Å²) in [5.74, 6) is 0.718. The summed E-state index contributed by atoms with van der Waals surface area (Å²) in [6, 6.07) is 143. The Kier molecular flexibility index (Phi) is 31.0. The average Bonchev–Trinajstić information content (AvgIpc) is 0.785. The highest BCUT2D eigenvalue weighted by atomic mass is 32.2. The molecule has 0 saturated heterocycles. The van der Waals surface area contributed by atoms with Gasteiger partial charge in [0.25, 0.3) is 0 Å². The number of rotatable bonds is 25. The molecule has 0 aromatic heterocycles. The summed E-state index contributed by atoms with van der Waals surface area (Å²) in [6.07, 6.45) is 4.79. The number of benzene rings is 17. The van der Waals surface area contributed by atoms with E-state index in [-0.39, 0.29) is 66.2 Å². The van der Waals surface area contributed by atoms with Crippen LogP contribution in [0.1, 0.15) is 32.1 Å². The summed E-state index contributed by atoms with van der Waals surface area (Å²) in [5.41, 5.74) is 0. The van der Waals surface area contributed by atoms with Gasteiger partial charge in [-0.25, -0.2) is 50.5 Å². The molecule has 13 nitrogen and oxygen atoms in total. The van der Waals surface area contributed by atoms with Gasteiger partial charge in [0.05, 0.1) is 110 Å². The highest BCUT2D eigenvalue weighted by Gasteiger charge is 2.37. The van der Waals surface area contributed by atoms with Gasteiger partial charge in [-0.2, -0.15) is 0 Å². The summed E-state index contributed by atoms with van der Waals surface area (Å²) in [6.45, 7) is 0. The molecule has 18 rings (SSSR count). The molecule has 0 radical (unpaired) electrons. The van der Waals surface area contributed by atoms with E-state index >= 15 is 0 Å². The quantitative estimate of drug-likeness (QED) is 0.0488. The zero-order valence-electron chi connectivity index (χ0n) is 71.5. The zero-order valence-corrected chi connectivity index (χ0v) is 79.7. The van der Waals surface area contributed by atoms with Gasteiger partial charge in [0, 0.05) is 0 Å². The van der Waals surface area contributed by atoms with Crippen LogP contribution in [0.4, 0.5) is 0 Å². The van der Waals surface area contributed by atoms with Gasteiger partial charge in [-0.05, 0) is 304 Å². The van der Waals surface area contributed by atoms with Crippen molar-refractivity contribution in [2.24, 2.45) is 0 Å². The van der Waals surface area contributed by atoms with E-state index in [1.807, 2.05) is 194 Å². The monoisotopic (exact) mass is 1930 g/mol. The first-order chi connectivity index (χ1) is 64.0. The molecule has 662 valence electrons. The molecule has 0 spiro atoms. The maximum Gasteiger partial charge on any atom is 0.206 e. The Labute approximate surface area is 786 Å². The minimum atomic E-state index is -3.65. The van der Waals surface area contributed by atoms with E-state index in [4.69, 9.17) is 4.74 Å². The van der Waals surface area contributed by atoms with Gasteiger partial charge in [0.2, 0.25) is 49.2 Å². The van der Waals surface area contributed by atoms with Gasteiger partial charge in [-0.1, -0.05) is 201 Å². The predicted octanol–water partition coefficient (Wildman–Crippen LogP) is 24.4. The SMILES string of the molecule is COc1ccc([S+](c2ccc(S(=O)(=O)c3ccccc3)cc2)c2ccc(S(=O)(=O)c3ccccc3)cc2)cc1.O=S(=O)(c1ccc([S+](c2ccccc2)c2ccccc2)cc1)C1CCCCC1.O=S(=O)(c1ccccc1)c1ccc([S+](c2ccccc2)c2ccc(S(=O)(=O)c3ccccc3)cc2)cc1.O=S(=O)(c1ccccc1)c1ccc([S+](c2ccccc2)c2ccccc2)cc1. The summed E-state index contributed by atoms with van der Waals surface area (Å²) in [4.78, 5) is 15.7. The Hall–Kier alpha value is -12.4. The third-order valence-electron chi connectivity index (χ3n) is 21.7. The van der Waals surface area contributed by atoms with Crippen molar-refractivity contribution in [1.82, 2.24) is 0 Å². The van der Waals surface area contributed by atoms with Crippen LogP contribution < -0.4 is 4.74 Å². The summed E-state index contributed by atoms with van der Waals surface area (Å²) in [7, 11) is -21.4. The van der Waals surface area contributed by atoms with E-state index in [9.17, 15) is 50.5 Å². The molecule has 0 heterocycles. The Morgan fingerprint density at radius 1 is 0.174 bits per heavy atom. The second-order valence-electron chi connectivity index (χ2n) is 30.2. The van der Waals surface area contributed by atoms with Crippen LogP contribution in [-0.4, -0.2) is 62.9 Å². The van der Waals surface area contributed by atoms with Crippen molar-refractivity contribution in [2.45, 2.75) is 150 Å². The molecular weight excluding hydrogens is 1840 g/mol. The molecule has 0 atom stereocenters. The van der Waals surface area contributed by atoms with Crippen LogP contribution in [0.5, 0.6) is 5.75 Å². The number of sulfone groups is 6. The van der Waals surface area contributed by atoms with Gasteiger partial charge in [0.1, 0.15) is 5.75 Å². The van der Waals surface area contributed by atoms with Gasteiger partial charge in [-0.15, -0.1) is 0 Å². The molecule has 1 saturated carbocycles. The van der Waals surface area contributed by atoms with Crippen LogP contribution in [0.25, 0.3) is 0 Å². The van der Waals surface area contributed by atoms with Crippen LogP contribution >= 0.6 is 0 Å². The molecule has 17 aromatic rings. The number of hydrogen-bond donors (Lipinski definition) is 0. The molecule has 23 heteroatoms. The lowest BCUT2D eigenvalue weighted by Gasteiger charge is -2.21. The van der Waals surface area contributed by atoms with E-state index in [0.29, 0.717) is 14.7 Å². The maximum absolute atomic E-state index is 13.1. The minimum absolute atomic E-state index is 0.208. The Morgan fingerprint density at radius 2 is 0.318 bits per heavy atom. The third kappa shape index (κ3) is 22.3.